The van der Waals surface area contributed by atoms with E-state index in [1.165, 1.54) is 55.4 Å². The lowest BCUT2D eigenvalue weighted by Gasteiger charge is -2.29. The number of benzene rings is 3. The number of rotatable bonds is 7. The molecule has 180 valence electrons. The first-order valence-corrected chi connectivity index (χ1v) is 12.3. The maximum Gasteiger partial charge on any atom is 0.219 e. The zero-order chi connectivity index (χ0) is 24.5. The van der Waals surface area contributed by atoms with Crippen LogP contribution in [0.15, 0.2) is 85.1 Å². The average molecular weight is 468 g/mol. The fourth-order valence-corrected chi connectivity index (χ4v) is 4.82. The Morgan fingerprint density at radius 1 is 0.886 bits per heavy atom. The zero-order valence-electron chi connectivity index (χ0n) is 20.2. The summed E-state index contributed by atoms with van der Waals surface area (Å²) in [6.45, 7) is 0.841. The van der Waals surface area contributed by atoms with Gasteiger partial charge in [-0.15, -0.1) is 0 Å². The predicted octanol–water partition coefficient (Wildman–Crippen LogP) is 6.23. The van der Waals surface area contributed by atoms with Gasteiger partial charge in [0, 0.05) is 35.8 Å². The van der Waals surface area contributed by atoms with E-state index in [1.807, 2.05) is 12.1 Å². The molecular weight excluding hydrogens is 434 g/mol. The molecule has 35 heavy (non-hydrogen) atoms. The molecule has 3 aromatic carbocycles. The van der Waals surface area contributed by atoms with Crippen LogP contribution in [0.3, 0.4) is 0 Å². The quantitative estimate of drug-likeness (QED) is 0.315. The predicted molar refractivity (Wildman–Crippen MR) is 142 cm³/mol. The second-order valence-corrected chi connectivity index (χ2v) is 8.76. The van der Waals surface area contributed by atoms with Gasteiger partial charge in [0.05, 0.1) is 0 Å². The Morgan fingerprint density at radius 3 is 2.29 bits per heavy atom. The number of nitrogens with zero attached hydrogens (tertiary/aromatic N) is 1. The summed E-state index contributed by atoms with van der Waals surface area (Å²) in [5, 5.41) is 6.04. The van der Waals surface area contributed by atoms with E-state index >= 15 is 0 Å². The summed E-state index contributed by atoms with van der Waals surface area (Å²) in [5.41, 5.74) is 7.78. The van der Waals surface area contributed by atoms with Gasteiger partial charge >= 0.3 is 0 Å². The number of aromatic nitrogens is 1. The van der Waals surface area contributed by atoms with Crippen LogP contribution < -0.4 is 15.8 Å². The molecule has 0 unspecified atom stereocenters. The Bertz CT molecular complexity index is 1220. The number of carbonyl (C=O) groups excluding carboxylic acids is 1. The smallest absolute Gasteiger partial charge is 0.219 e. The van der Waals surface area contributed by atoms with Crippen molar-refractivity contribution in [2.75, 3.05) is 7.05 Å². The Morgan fingerprint density at radius 2 is 1.60 bits per heavy atom. The maximum absolute atomic E-state index is 10.9. The van der Waals surface area contributed by atoms with Crippen molar-refractivity contribution in [2.45, 2.75) is 44.2 Å². The summed E-state index contributed by atoms with van der Waals surface area (Å²) in [6.07, 6.45) is 7.20. The molecule has 0 saturated heterocycles. The molecule has 0 radical (unpaired) electrons. The van der Waals surface area contributed by atoms with E-state index in [0.717, 1.165) is 24.0 Å². The summed E-state index contributed by atoms with van der Waals surface area (Å²) in [5.74, 6) is 1.94. The van der Waals surface area contributed by atoms with Crippen molar-refractivity contribution < 1.29 is 9.53 Å². The molecule has 1 aliphatic carbocycles. The Kier molecular flexibility index (Phi) is 8.60. The maximum atomic E-state index is 10.9. The van der Waals surface area contributed by atoms with Gasteiger partial charge in [-0.25, -0.2) is 4.98 Å². The van der Waals surface area contributed by atoms with Crippen LogP contribution in [-0.2, 0) is 6.54 Å². The first kappa shape index (κ1) is 24.6. The molecule has 5 heteroatoms. The number of nitrogens with one attached hydrogen (secondary N) is 1. The summed E-state index contributed by atoms with van der Waals surface area (Å²) >= 11 is 0. The largest absolute Gasteiger partial charge is 0.438 e. The van der Waals surface area contributed by atoms with Crippen LogP contribution in [0.1, 0.15) is 53.1 Å². The number of hydrogen-bond donors (Lipinski definition) is 2. The summed E-state index contributed by atoms with van der Waals surface area (Å²) in [6, 6.07) is 27.4. The lowest BCUT2D eigenvalue weighted by atomic mass is 9.82. The number of nitrogens with two attached hydrogens (primary N) is 1. The van der Waals surface area contributed by atoms with Crippen molar-refractivity contribution in [3.05, 3.63) is 102 Å². The first-order chi connectivity index (χ1) is 17.3. The number of aldehydes is 1. The van der Waals surface area contributed by atoms with Crippen LogP contribution >= 0.6 is 0 Å². The fraction of sp³-hybridized carbons (Fsp3) is 0.267. The summed E-state index contributed by atoms with van der Waals surface area (Å²) < 4.78 is 6.05. The number of pyridine rings is 1. The van der Waals surface area contributed by atoms with Crippen LogP contribution in [0.4, 0.5) is 0 Å². The topological polar surface area (TPSA) is 77.2 Å². The molecule has 1 aliphatic rings. The van der Waals surface area contributed by atoms with E-state index in [1.54, 1.807) is 12.1 Å². The van der Waals surface area contributed by atoms with Gasteiger partial charge in [0.25, 0.3) is 0 Å². The average Bonchev–Trinajstić information content (AvgIpc) is 2.95. The summed E-state index contributed by atoms with van der Waals surface area (Å²) in [7, 11) is 1.50. The Balaban J connectivity index is 0.00000141. The van der Waals surface area contributed by atoms with Gasteiger partial charge in [-0.05, 0) is 67.3 Å². The number of carbonyl (C=O) groups is 1. The van der Waals surface area contributed by atoms with Gasteiger partial charge in [-0.2, -0.15) is 0 Å². The first-order valence-electron chi connectivity index (χ1n) is 12.3. The van der Waals surface area contributed by atoms with E-state index in [4.69, 9.17) is 4.74 Å². The minimum atomic E-state index is 0.479. The second kappa shape index (κ2) is 12.2. The van der Waals surface area contributed by atoms with Crippen LogP contribution in [0.5, 0.6) is 11.6 Å². The highest BCUT2D eigenvalue weighted by Crippen LogP contribution is 2.34. The standard InChI is InChI=1S/C29H28N2O2.CH5N/c32-20-21-10-17-29(31-18-21)33-28-16-13-24(26-8-4-5-9-27(26)28)19-30-25-14-11-23(12-15-25)22-6-2-1-3-7-22;1-2/h1-10,13,16-18,20,23,25,30H,11-12,14-15,19H2;2H2,1H3. The van der Waals surface area contributed by atoms with Crippen LogP contribution in [0, 0.1) is 0 Å². The van der Waals surface area contributed by atoms with Gasteiger partial charge in [0.1, 0.15) is 5.75 Å². The number of ether oxygens (including phenoxy) is 1. The zero-order valence-corrected chi connectivity index (χ0v) is 20.2. The van der Waals surface area contributed by atoms with Gasteiger partial charge < -0.3 is 15.8 Å². The van der Waals surface area contributed by atoms with Gasteiger partial charge in [0.15, 0.2) is 6.29 Å². The highest BCUT2D eigenvalue weighted by atomic mass is 16.5. The highest BCUT2D eigenvalue weighted by Gasteiger charge is 2.22. The third-order valence-corrected chi connectivity index (χ3v) is 6.66. The third-order valence-electron chi connectivity index (χ3n) is 6.66. The second-order valence-electron chi connectivity index (χ2n) is 8.76. The monoisotopic (exact) mass is 467 g/mol. The molecule has 1 saturated carbocycles. The van der Waals surface area contributed by atoms with E-state index in [0.29, 0.717) is 23.4 Å². The fourth-order valence-electron chi connectivity index (χ4n) is 4.82. The van der Waals surface area contributed by atoms with Crippen LogP contribution in [0.25, 0.3) is 10.8 Å². The Hall–Kier alpha value is -3.54. The van der Waals surface area contributed by atoms with Crippen LogP contribution in [-0.4, -0.2) is 24.4 Å². The minimum absolute atomic E-state index is 0.479. The van der Waals surface area contributed by atoms with Crippen molar-refractivity contribution in [1.29, 1.82) is 0 Å². The van der Waals surface area contributed by atoms with Crippen molar-refractivity contribution in [1.82, 2.24) is 10.3 Å². The lowest BCUT2D eigenvalue weighted by molar-refractivity contribution is 0.112. The third kappa shape index (κ3) is 6.13. The number of hydrogen-bond acceptors (Lipinski definition) is 5. The van der Waals surface area contributed by atoms with Crippen molar-refractivity contribution in [3.8, 4) is 11.6 Å². The molecule has 0 atom stereocenters. The molecule has 1 heterocycles. The summed E-state index contributed by atoms with van der Waals surface area (Å²) in [4.78, 5) is 15.1. The van der Waals surface area contributed by atoms with Crippen molar-refractivity contribution >= 4 is 17.1 Å². The molecule has 3 N–H and O–H groups in total. The lowest BCUT2D eigenvalue weighted by Crippen LogP contribution is -2.32. The van der Waals surface area contributed by atoms with Crippen LogP contribution in [0.2, 0.25) is 0 Å². The molecule has 1 aromatic heterocycles. The molecule has 0 bridgehead atoms. The van der Waals surface area contributed by atoms with Gasteiger partial charge in [0.2, 0.25) is 5.88 Å². The highest BCUT2D eigenvalue weighted by molar-refractivity contribution is 5.91. The van der Waals surface area contributed by atoms with E-state index in [2.05, 4.69) is 70.6 Å². The van der Waals surface area contributed by atoms with E-state index in [-0.39, 0.29) is 0 Å². The van der Waals surface area contributed by atoms with Crippen molar-refractivity contribution in [2.24, 2.45) is 5.73 Å². The van der Waals surface area contributed by atoms with E-state index < -0.39 is 0 Å². The number of fused-ring (bicyclic) bond motifs is 1. The minimum Gasteiger partial charge on any atom is -0.438 e. The molecule has 5 rings (SSSR count). The van der Waals surface area contributed by atoms with Crippen molar-refractivity contribution in [3.63, 3.8) is 0 Å². The van der Waals surface area contributed by atoms with E-state index in [9.17, 15) is 4.79 Å². The molecule has 5 nitrogen and oxygen atoms in total. The molecule has 0 spiro atoms. The molecule has 1 fully saturated rings. The van der Waals surface area contributed by atoms with Gasteiger partial charge in [-0.3, -0.25) is 4.79 Å². The molecule has 0 amide bonds. The Labute approximate surface area is 207 Å². The molecule has 0 aliphatic heterocycles. The molecular formula is C30H33N3O2. The normalized spacial score (nSPS) is 17.3. The SMILES string of the molecule is CN.O=Cc1ccc(Oc2ccc(CNC3CCC(c4ccccc4)CC3)c3ccccc23)nc1. The molecule has 4 aromatic rings. The van der Waals surface area contributed by atoms with Gasteiger partial charge in [-0.1, -0.05) is 60.7 Å².